The molecule has 0 amide bonds. The molecule has 2 heterocycles. The number of hydrogen-bond donors (Lipinski definition) is 2. The van der Waals surface area contributed by atoms with Gasteiger partial charge in [-0.25, -0.2) is 14.7 Å². The SMILES string of the molecule is CCNC(=NCc1ccnc(-n2cccn2)c1)NCCOc1ccccc1.I. The van der Waals surface area contributed by atoms with Crippen LogP contribution in [0.1, 0.15) is 12.5 Å². The molecular formula is C20H25IN6O. The Morgan fingerprint density at radius 2 is 1.96 bits per heavy atom. The van der Waals surface area contributed by atoms with E-state index in [1.807, 2.05) is 61.7 Å². The Bertz CT molecular complexity index is 839. The fraction of sp³-hybridized carbons (Fsp3) is 0.250. The molecule has 3 aromatic rings. The fourth-order valence-corrected chi connectivity index (χ4v) is 2.46. The van der Waals surface area contributed by atoms with E-state index in [1.54, 1.807) is 17.1 Å². The van der Waals surface area contributed by atoms with Crippen molar-refractivity contribution in [3.8, 4) is 11.6 Å². The minimum Gasteiger partial charge on any atom is -0.492 e. The molecule has 28 heavy (non-hydrogen) atoms. The number of aromatic nitrogens is 3. The lowest BCUT2D eigenvalue weighted by Gasteiger charge is -2.12. The highest BCUT2D eigenvalue weighted by atomic mass is 127. The zero-order valence-corrected chi connectivity index (χ0v) is 18.1. The van der Waals surface area contributed by atoms with Crippen LogP contribution in [0.3, 0.4) is 0 Å². The lowest BCUT2D eigenvalue weighted by atomic mass is 10.2. The molecule has 0 radical (unpaired) electrons. The molecule has 148 valence electrons. The average Bonchev–Trinajstić information content (AvgIpc) is 3.25. The largest absolute Gasteiger partial charge is 0.492 e. The maximum absolute atomic E-state index is 5.69. The quantitative estimate of drug-likeness (QED) is 0.219. The first kappa shape index (κ1) is 21.7. The molecular weight excluding hydrogens is 467 g/mol. The Balaban J connectivity index is 0.00000280. The van der Waals surface area contributed by atoms with E-state index in [-0.39, 0.29) is 24.0 Å². The molecule has 3 rings (SSSR count). The van der Waals surface area contributed by atoms with Gasteiger partial charge in [0.05, 0.1) is 13.1 Å². The van der Waals surface area contributed by atoms with Crippen LogP contribution in [0, 0.1) is 0 Å². The second-order valence-electron chi connectivity index (χ2n) is 5.76. The highest BCUT2D eigenvalue weighted by Gasteiger charge is 2.01. The first-order valence-electron chi connectivity index (χ1n) is 9.00. The van der Waals surface area contributed by atoms with E-state index >= 15 is 0 Å². The van der Waals surface area contributed by atoms with E-state index in [2.05, 4.69) is 25.7 Å². The van der Waals surface area contributed by atoms with Gasteiger partial charge in [-0.3, -0.25) is 0 Å². The van der Waals surface area contributed by atoms with Crippen molar-refractivity contribution in [2.24, 2.45) is 4.99 Å². The summed E-state index contributed by atoms with van der Waals surface area (Å²) in [5.41, 5.74) is 1.06. The molecule has 0 saturated carbocycles. The molecule has 0 atom stereocenters. The first-order valence-corrected chi connectivity index (χ1v) is 9.00. The zero-order chi connectivity index (χ0) is 18.7. The van der Waals surface area contributed by atoms with Crippen molar-refractivity contribution in [1.82, 2.24) is 25.4 Å². The van der Waals surface area contributed by atoms with E-state index < -0.39 is 0 Å². The number of pyridine rings is 1. The van der Waals surface area contributed by atoms with Gasteiger partial charge in [-0.05, 0) is 42.8 Å². The Kier molecular flexibility index (Phi) is 9.26. The van der Waals surface area contributed by atoms with Crippen LogP contribution >= 0.6 is 24.0 Å². The number of ether oxygens (including phenoxy) is 1. The molecule has 2 aromatic heterocycles. The van der Waals surface area contributed by atoms with E-state index in [4.69, 9.17) is 4.74 Å². The third kappa shape index (κ3) is 6.84. The number of hydrogen-bond acceptors (Lipinski definition) is 4. The van der Waals surface area contributed by atoms with Gasteiger partial charge in [0.15, 0.2) is 11.8 Å². The van der Waals surface area contributed by atoms with Gasteiger partial charge in [0.25, 0.3) is 0 Å². The van der Waals surface area contributed by atoms with Gasteiger partial charge in [0, 0.05) is 25.1 Å². The van der Waals surface area contributed by atoms with E-state index in [0.717, 1.165) is 29.6 Å². The van der Waals surface area contributed by atoms with Gasteiger partial charge in [0.1, 0.15) is 12.4 Å². The summed E-state index contributed by atoms with van der Waals surface area (Å²) >= 11 is 0. The van der Waals surface area contributed by atoms with Crippen molar-refractivity contribution < 1.29 is 4.74 Å². The van der Waals surface area contributed by atoms with Crippen molar-refractivity contribution in [2.75, 3.05) is 19.7 Å². The van der Waals surface area contributed by atoms with Crippen LogP contribution < -0.4 is 15.4 Å². The number of nitrogens with zero attached hydrogens (tertiary/aromatic N) is 4. The van der Waals surface area contributed by atoms with Crippen LogP contribution in [0.4, 0.5) is 0 Å². The summed E-state index contributed by atoms with van der Waals surface area (Å²) in [5.74, 6) is 2.40. The summed E-state index contributed by atoms with van der Waals surface area (Å²) in [5, 5.41) is 10.7. The summed E-state index contributed by atoms with van der Waals surface area (Å²) in [6.45, 7) is 4.61. The molecule has 0 saturated heterocycles. The highest BCUT2D eigenvalue weighted by Crippen LogP contribution is 2.08. The van der Waals surface area contributed by atoms with Crippen LogP contribution in [0.25, 0.3) is 5.82 Å². The third-order valence-corrected chi connectivity index (χ3v) is 3.72. The molecule has 2 N–H and O–H groups in total. The van der Waals surface area contributed by atoms with Crippen molar-refractivity contribution in [3.05, 3.63) is 72.7 Å². The smallest absolute Gasteiger partial charge is 0.191 e. The molecule has 0 bridgehead atoms. The van der Waals surface area contributed by atoms with Crippen molar-refractivity contribution in [2.45, 2.75) is 13.5 Å². The van der Waals surface area contributed by atoms with E-state index in [0.29, 0.717) is 19.7 Å². The number of halogens is 1. The van der Waals surface area contributed by atoms with Gasteiger partial charge >= 0.3 is 0 Å². The van der Waals surface area contributed by atoms with Crippen LogP contribution in [-0.4, -0.2) is 40.4 Å². The minimum atomic E-state index is 0. The molecule has 7 nitrogen and oxygen atoms in total. The number of nitrogens with one attached hydrogen (secondary N) is 2. The number of guanidine groups is 1. The second-order valence-corrected chi connectivity index (χ2v) is 5.76. The van der Waals surface area contributed by atoms with Gasteiger partial charge in [-0.15, -0.1) is 24.0 Å². The molecule has 0 fully saturated rings. The molecule has 0 spiro atoms. The molecule has 1 aromatic carbocycles. The maximum atomic E-state index is 5.69. The van der Waals surface area contributed by atoms with Crippen LogP contribution in [0.5, 0.6) is 5.75 Å². The predicted molar refractivity (Wildman–Crippen MR) is 122 cm³/mol. The van der Waals surface area contributed by atoms with E-state index in [9.17, 15) is 0 Å². The molecule has 0 aliphatic heterocycles. The van der Waals surface area contributed by atoms with Crippen LogP contribution in [0.2, 0.25) is 0 Å². The lowest BCUT2D eigenvalue weighted by Crippen LogP contribution is -2.39. The highest BCUT2D eigenvalue weighted by molar-refractivity contribution is 14.0. The maximum Gasteiger partial charge on any atom is 0.191 e. The Morgan fingerprint density at radius 3 is 2.71 bits per heavy atom. The third-order valence-electron chi connectivity index (χ3n) is 3.72. The number of rotatable bonds is 8. The number of aliphatic imine (C=N–C) groups is 1. The fourth-order valence-electron chi connectivity index (χ4n) is 2.46. The van der Waals surface area contributed by atoms with Crippen LogP contribution in [0.15, 0.2) is 72.1 Å². The lowest BCUT2D eigenvalue weighted by molar-refractivity contribution is 0.322. The summed E-state index contributed by atoms with van der Waals surface area (Å²) in [6.07, 6.45) is 5.38. The summed E-state index contributed by atoms with van der Waals surface area (Å²) in [7, 11) is 0. The zero-order valence-electron chi connectivity index (χ0n) is 15.8. The summed E-state index contributed by atoms with van der Waals surface area (Å²) < 4.78 is 7.42. The normalized spacial score (nSPS) is 10.8. The topological polar surface area (TPSA) is 76.4 Å². The summed E-state index contributed by atoms with van der Waals surface area (Å²) in [4.78, 5) is 8.97. The predicted octanol–water partition coefficient (Wildman–Crippen LogP) is 3.02. The van der Waals surface area contributed by atoms with Gasteiger partial charge in [0.2, 0.25) is 0 Å². The summed E-state index contributed by atoms with van der Waals surface area (Å²) in [6, 6.07) is 15.6. The Morgan fingerprint density at radius 1 is 1.11 bits per heavy atom. The monoisotopic (exact) mass is 492 g/mol. The molecule has 8 heteroatoms. The van der Waals surface area contributed by atoms with Crippen molar-refractivity contribution in [1.29, 1.82) is 0 Å². The molecule has 0 unspecified atom stereocenters. The van der Waals surface area contributed by atoms with Gasteiger partial charge in [-0.1, -0.05) is 18.2 Å². The van der Waals surface area contributed by atoms with E-state index in [1.165, 1.54) is 0 Å². The van der Waals surface area contributed by atoms with Crippen molar-refractivity contribution >= 4 is 29.9 Å². The number of para-hydroxylation sites is 1. The van der Waals surface area contributed by atoms with Crippen LogP contribution in [-0.2, 0) is 6.54 Å². The molecule has 0 aliphatic rings. The minimum absolute atomic E-state index is 0. The Hall–Kier alpha value is -2.62. The van der Waals surface area contributed by atoms with Gasteiger partial charge < -0.3 is 15.4 Å². The standard InChI is InChI=1S/C20H24N6O.HI/c1-2-21-20(23-12-14-27-18-7-4-3-5-8-18)24-16-17-9-11-22-19(15-17)26-13-6-10-25-26;/h3-11,13,15H,2,12,14,16H2,1H3,(H2,21,23,24);1H. The number of benzene rings is 1. The average molecular weight is 492 g/mol. The molecule has 0 aliphatic carbocycles. The first-order chi connectivity index (χ1) is 13.3. The Labute approximate surface area is 182 Å². The van der Waals surface area contributed by atoms with Crippen molar-refractivity contribution in [3.63, 3.8) is 0 Å². The second kappa shape index (κ2) is 12.0. The van der Waals surface area contributed by atoms with Gasteiger partial charge in [-0.2, -0.15) is 5.10 Å².